The van der Waals surface area contributed by atoms with E-state index >= 15 is 0 Å². The predicted molar refractivity (Wildman–Crippen MR) is 77.5 cm³/mol. The summed E-state index contributed by atoms with van der Waals surface area (Å²) in [6.45, 7) is 0. The van der Waals surface area contributed by atoms with Gasteiger partial charge < -0.3 is 19.6 Å². The van der Waals surface area contributed by atoms with E-state index in [-0.39, 0.29) is 11.5 Å². The molecule has 2 aromatic carbocycles. The van der Waals surface area contributed by atoms with Crippen molar-refractivity contribution >= 4 is 25.8 Å². The third-order valence-corrected chi connectivity index (χ3v) is 4.57. The monoisotopic (exact) mass is 346 g/mol. The van der Waals surface area contributed by atoms with Crippen LogP contribution in [0.5, 0.6) is 11.5 Å². The molecule has 0 amide bonds. The molecular formula is C12H12O8P2. The molecule has 4 N–H and O–H groups in total. The molecule has 2 rings (SSSR count). The van der Waals surface area contributed by atoms with E-state index in [2.05, 4.69) is 0 Å². The highest BCUT2D eigenvalue weighted by molar-refractivity contribution is 7.60. The van der Waals surface area contributed by atoms with Gasteiger partial charge in [-0.15, -0.1) is 0 Å². The minimum Gasteiger partial charge on any atom is -0.321 e. The lowest BCUT2D eigenvalue weighted by Gasteiger charge is -2.13. The number of hydrogen-bond donors (Lipinski definition) is 4. The Kier molecular flexibility index (Phi) is 4.72. The summed E-state index contributed by atoms with van der Waals surface area (Å²) < 4.78 is 22.7. The molecule has 0 aliphatic heterocycles. The van der Waals surface area contributed by atoms with Gasteiger partial charge in [-0.1, -0.05) is 24.3 Å². The normalized spacial score (nSPS) is 12.0. The minimum atomic E-state index is -4.58. The second kappa shape index (κ2) is 6.22. The Bertz CT molecular complexity index is 698. The van der Waals surface area contributed by atoms with E-state index in [4.69, 9.17) is 9.78 Å². The first-order valence-electron chi connectivity index (χ1n) is 5.84. The highest BCUT2D eigenvalue weighted by atomic mass is 31.2. The second-order valence-electron chi connectivity index (χ2n) is 4.19. The number of para-hydroxylation sites is 2. The Labute approximate surface area is 125 Å². The lowest BCUT2D eigenvalue weighted by Crippen LogP contribution is -2.16. The summed E-state index contributed by atoms with van der Waals surface area (Å²) in [4.78, 5) is 46.5. The van der Waals surface area contributed by atoms with Crippen LogP contribution in [0.15, 0.2) is 48.5 Å². The van der Waals surface area contributed by atoms with E-state index in [0.717, 1.165) is 12.1 Å². The van der Waals surface area contributed by atoms with Crippen LogP contribution in [0.4, 0.5) is 0 Å². The molecule has 0 heterocycles. The lowest BCUT2D eigenvalue weighted by atomic mass is 10.3. The zero-order valence-electron chi connectivity index (χ0n) is 10.9. The second-order valence-corrected chi connectivity index (χ2v) is 7.33. The molecule has 8 nitrogen and oxygen atoms in total. The van der Waals surface area contributed by atoms with Crippen LogP contribution >= 0.6 is 15.2 Å². The molecule has 0 bridgehead atoms. The summed E-state index contributed by atoms with van der Waals surface area (Å²) >= 11 is 0. The molecule has 0 unspecified atom stereocenters. The summed E-state index contributed by atoms with van der Waals surface area (Å²) in [5, 5.41) is -0.799. The van der Waals surface area contributed by atoms with Crippen LogP contribution in [-0.4, -0.2) is 19.6 Å². The van der Waals surface area contributed by atoms with Crippen molar-refractivity contribution in [3.63, 3.8) is 0 Å². The molecule has 0 spiro atoms. The lowest BCUT2D eigenvalue weighted by molar-refractivity contribution is -0.0981. The van der Waals surface area contributed by atoms with E-state index in [0.29, 0.717) is 0 Å². The first-order chi connectivity index (χ1) is 10.2. The van der Waals surface area contributed by atoms with E-state index in [9.17, 15) is 28.7 Å². The molecule has 22 heavy (non-hydrogen) atoms. The third kappa shape index (κ3) is 3.96. The summed E-state index contributed by atoms with van der Waals surface area (Å²) in [6, 6.07) is 10.6. The van der Waals surface area contributed by atoms with Crippen molar-refractivity contribution < 1.29 is 38.5 Å². The van der Waals surface area contributed by atoms with Crippen molar-refractivity contribution in [3.05, 3.63) is 48.5 Å². The van der Waals surface area contributed by atoms with Gasteiger partial charge in [-0.3, -0.25) is 18.9 Å². The molecule has 0 fully saturated rings. The van der Waals surface area contributed by atoms with Crippen molar-refractivity contribution in [2.24, 2.45) is 0 Å². The Hall–Kier alpha value is -1.66. The van der Waals surface area contributed by atoms with Crippen molar-refractivity contribution in [1.82, 2.24) is 0 Å². The maximum Gasteiger partial charge on any atom is 0.360 e. The molecule has 0 aliphatic carbocycles. The smallest absolute Gasteiger partial charge is 0.321 e. The summed E-state index contributed by atoms with van der Waals surface area (Å²) in [7, 11) is -9.16. The Balaban J connectivity index is 2.30. The number of benzene rings is 2. The first kappa shape index (κ1) is 16.7. The van der Waals surface area contributed by atoms with Gasteiger partial charge in [0.25, 0.3) is 0 Å². The van der Waals surface area contributed by atoms with Crippen LogP contribution in [-0.2, 0) is 9.13 Å². The summed E-state index contributed by atoms with van der Waals surface area (Å²) in [6.07, 6.45) is 0. The van der Waals surface area contributed by atoms with Crippen LogP contribution in [0.3, 0.4) is 0 Å². The van der Waals surface area contributed by atoms with Crippen LogP contribution in [0, 0.1) is 0 Å². The molecule has 0 radical (unpaired) electrons. The quantitative estimate of drug-likeness (QED) is 0.353. The van der Waals surface area contributed by atoms with Gasteiger partial charge in [-0.2, -0.15) is 0 Å². The van der Waals surface area contributed by atoms with Gasteiger partial charge in [-0.05, 0) is 24.3 Å². The van der Waals surface area contributed by atoms with Gasteiger partial charge in [0, 0.05) is 0 Å². The summed E-state index contributed by atoms with van der Waals surface area (Å²) in [5.41, 5.74) is 0. The zero-order valence-corrected chi connectivity index (χ0v) is 12.7. The SMILES string of the molecule is O=P(O)(O)c1ccccc1OOc1ccccc1P(=O)(O)O. The van der Waals surface area contributed by atoms with E-state index < -0.39 is 25.8 Å². The molecule has 0 atom stereocenters. The van der Waals surface area contributed by atoms with Crippen molar-refractivity contribution in [1.29, 1.82) is 0 Å². The van der Waals surface area contributed by atoms with Crippen LogP contribution in [0.2, 0.25) is 0 Å². The van der Waals surface area contributed by atoms with E-state index in [1.54, 1.807) is 0 Å². The van der Waals surface area contributed by atoms with E-state index in [1.165, 1.54) is 36.4 Å². The molecular weight excluding hydrogens is 334 g/mol. The van der Waals surface area contributed by atoms with Gasteiger partial charge in [0.05, 0.1) is 0 Å². The largest absolute Gasteiger partial charge is 0.360 e. The highest BCUT2D eigenvalue weighted by Gasteiger charge is 2.25. The third-order valence-electron chi connectivity index (χ3n) is 2.58. The average molecular weight is 346 g/mol. The Morgan fingerprint density at radius 2 is 0.955 bits per heavy atom. The molecule has 118 valence electrons. The Morgan fingerprint density at radius 3 is 1.27 bits per heavy atom. The molecule has 0 saturated heterocycles. The topological polar surface area (TPSA) is 134 Å². The number of hydrogen-bond acceptors (Lipinski definition) is 4. The van der Waals surface area contributed by atoms with Crippen LogP contribution in [0.25, 0.3) is 0 Å². The van der Waals surface area contributed by atoms with Crippen molar-refractivity contribution in [2.45, 2.75) is 0 Å². The van der Waals surface area contributed by atoms with Crippen LogP contribution in [0.1, 0.15) is 0 Å². The maximum atomic E-state index is 11.3. The molecule has 0 aliphatic rings. The number of rotatable bonds is 5. The standard InChI is InChI=1S/C12H12O8P2/c13-21(14,15)11-7-3-1-5-9(11)19-20-10-6-2-4-8-12(10)22(16,17)18/h1-8H,(H2,13,14,15)(H2,16,17,18). The molecule has 0 saturated carbocycles. The Morgan fingerprint density at radius 1 is 0.636 bits per heavy atom. The molecule has 2 aromatic rings. The van der Waals surface area contributed by atoms with Gasteiger partial charge in [0.15, 0.2) is 11.5 Å². The van der Waals surface area contributed by atoms with Gasteiger partial charge in [-0.25, -0.2) is 0 Å². The molecule has 0 aromatic heterocycles. The van der Waals surface area contributed by atoms with E-state index in [1.807, 2.05) is 0 Å². The predicted octanol–water partition coefficient (Wildman–Crippen LogP) is 0.665. The fourth-order valence-electron chi connectivity index (χ4n) is 1.63. The van der Waals surface area contributed by atoms with Gasteiger partial charge in [0.2, 0.25) is 0 Å². The van der Waals surface area contributed by atoms with Crippen molar-refractivity contribution in [3.8, 4) is 11.5 Å². The minimum absolute atomic E-state index is 0.253. The summed E-state index contributed by atoms with van der Waals surface area (Å²) in [5.74, 6) is -0.507. The van der Waals surface area contributed by atoms with Gasteiger partial charge in [0.1, 0.15) is 10.6 Å². The maximum absolute atomic E-state index is 11.3. The average Bonchev–Trinajstić information content (AvgIpc) is 2.44. The first-order valence-corrected chi connectivity index (χ1v) is 9.07. The van der Waals surface area contributed by atoms with Crippen LogP contribution < -0.4 is 20.4 Å². The highest BCUT2D eigenvalue weighted by Crippen LogP contribution is 2.39. The van der Waals surface area contributed by atoms with Gasteiger partial charge >= 0.3 is 15.2 Å². The zero-order chi connectivity index (χ0) is 16.4. The van der Waals surface area contributed by atoms with Crippen molar-refractivity contribution in [2.75, 3.05) is 0 Å². The molecule has 10 heteroatoms. The fourth-order valence-corrected chi connectivity index (χ4v) is 2.98. The fraction of sp³-hybridized carbons (Fsp3) is 0.